The van der Waals surface area contributed by atoms with E-state index in [9.17, 15) is 31.8 Å². The van der Waals surface area contributed by atoms with Gasteiger partial charge in [-0.2, -0.15) is 27.5 Å². The van der Waals surface area contributed by atoms with Crippen LogP contribution in [0.3, 0.4) is 0 Å². The number of phenols is 2. The van der Waals surface area contributed by atoms with E-state index in [1.54, 1.807) is 37.4 Å². The van der Waals surface area contributed by atoms with Crippen LogP contribution in [0.25, 0.3) is 10.8 Å². The summed E-state index contributed by atoms with van der Waals surface area (Å²) in [5, 5.41) is 42.6. The molecule has 4 aromatic carbocycles. The number of azo groups is 2. The van der Waals surface area contributed by atoms with Gasteiger partial charge in [-0.25, -0.2) is 25.3 Å². The SMILES string of the molecule is C=CS(=O)(=O)CCN(C)C(=O)c1cccc(N=Nc2c(NC)ccc3c(O)c(N=Nc4ccc(S(=O)(=O)C[CH2-])cc4O)[c-]cc23)c1.O=S(=O)([O-])O.[Cu].[Na+].[Na+]. The maximum absolute atomic E-state index is 12.9. The predicted molar refractivity (Wildman–Crippen MR) is 188 cm³/mol. The number of carbonyl (C=O) groups excluding carboxylic acids is 1. The summed E-state index contributed by atoms with van der Waals surface area (Å²) < 4.78 is 80.3. The Balaban J connectivity index is 0.00000329. The topological polar surface area (TPSA) is 268 Å². The molecule has 1 radical (unpaired) electrons. The smallest absolute Gasteiger partial charge is 0.726 e. The Kier molecular flexibility index (Phi) is 21.0. The van der Waals surface area contributed by atoms with Crippen molar-refractivity contribution in [1.29, 1.82) is 0 Å². The third-order valence-electron chi connectivity index (χ3n) is 6.82. The average Bonchev–Trinajstić information content (AvgIpc) is 3.08. The van der Waals surface area contributed by atoms with E-state index >= 15 is 0 Å². The first-order chi connectivity index (χ1) is 23.8. The number of anilines is 1. The number of hydrogen-bond donors (Lipinski definition) is 4. The molecule has 0 saturated heterocycles. The summed E-state index contributed by atoms with van der Waals surface area (Å²) in [6.07, 6.45) is 0. The number of carbonyl (C=O) groups is 1. The molecule has 283 valence electrons. The van der Waals surface area contributed by atoms with E-state index in [0.29, 0.717) is 27.8 Å². The number of aromatic hydroxyl groups is 2. The molecular weight excluding hydrogens is 838 g/mol. The van der Waals surface area contributed by atoms with E-state index in [2.05, 4.69) is 45.3 Å². The van der Waals surface area contributed by atoms with Crippen LogP contribution in [0, 0.1) is 13.0 Å². The number of fused-ring (bicyclic) bond motifs is 1. The summed E-state index contributed by atoms with van der Waals surface area (Å²) in [6, 6.07) is 17.7. The third-order valence-corrected chi connectivity index (χ3v) is 9.59. The monoisotopic (exact) mass is 868 g/mol. The summed E-state index contributed by atoms with van der Waals surface area (Å²) in [5.74, 6) is -1.72. The van der Waals surface area contributed by atoms with Crippen molar-refractivity contribution in [3.63, 3.8) is 0 Å². The molecule has 0 aliphatic heterocycles. The van der Waals surface area contributed by atoms with Gasteiger partial charge in [0.25, 0.3) is 5.91 Å². The molecule has 0 fully saturated rings. The maximum Gasteiger partial charge on any atom is 1.00 e. The summed E-state index contributed by atoms with van der Waals surface area (Å²) in [7, 11) is -8.83. The van der Waals surface area contributed by atoms with Crippen LogP contribution in [0.4, 0.5) is 28.4 Å². The Morgan fingerprint density at radius 3 is 2.20 bits per heavy atom. The fourth-order valence-electron chi connectivity index (χ4n) is 4.16. The van der Waals surface area contributed by atoms with E-state index in [4.69, 9.17) is 17.5 Å². The fourth-order valence-corrected chi connectivity index (χ4v) is 5.66. The normalized spacial score (nSPS) is 11.4. The second kappa shape index (κ2) is 22.1. The Labute approximate surface area is 367 Å². The van der Waals surface area contributed by atoms with Crippen LogP contribution in [0.15, 0.2) is 98.0 Å². The van der Waals surface area contributed by atoms with Gasteiger partial charge in [0.2, 0.25) is 10.4 Å². The van der Waals surface area contributed by atoms with Gasteiger partial charge in [0.1, 0.15) is 11.4 Å². The molecule has 23 heteroatoms. The van der Waals surface area contributed by atoms with Gasteiger partial charge in [0.15, 0.2) is 19.7 Å². The number of nitrogens with zero attached hydrogens (tertiary/aromatic N) is 5. The minimum atomic E-state index is -4.92. The summed E-state index contributed by atoms with van der Waals surface area (Å²) in [6.45, 7) is 6.64. The molecule has 0 aliphatic rings. The predicted octanol–water partition coefficient (Wildman–Crippen LogP) is -0.828. The van der Waals surface area contributed by atoms with Crippen LogP contribution in [0.5, 0.6) is 11.5 Å². The zero-order chi connectivity index (χ0) is 38.1. The van der Waals surface area contributed by atoms with E-state index in [-0.39, 0.29) is 122 Å². The van der Waals surface area contributed by atoms with Gasteiger partial charge < -0.3 is 31.9 Å². The molecule has 0 aromatic heterocycles. The first kappa shape index (κ1) is 51.2. The molecule has 0 unspecified atom stereocenters. The van der Waals surface area contributed by atoms with Gasteiger partial charge in [-0.15, -0.1) is 5.11 Å². The van der Waals surface area contributed by atoms with Crippen molar-refractivity contribution in [2.45, 2.75) is 4.90 Å². The molecule has 4 rings (SSSR count). The first-order valence-corrected chi connectivity index (χ1v) is 19.0. The number of hydrogen-bond acceptors (Lipinski definition) is 15. The number of nitrogens with one attached hydrogen (secondary N) is 1. The summed E-state index contributed by atoms with van der Waals surface area (Å²) in [5.41, 5.74) is 1.51. The zero-order valence-corrected chi connectivity index (χ0v) is 36.6. The average molecular weight is 869 g/mol. The quantitative estimate of drug-likeness (QED) is 0.0447. The molecule has 0 aliphatic carbocycles. The Morgan fingerprint density at radius 1 is 0.981 bits per heavy atom. The van der Waals surface area contributed by atoms with Gasteiger partial charge in [0.05, 0.1) is 22.0 Å². The van der Waals surface area contributed by atoms with Gasteiger partial charge in [-0.1, -0.05) is 35.2 Å². The standard InChI is InChI=1S/C31H30N6O7S2.Cu.2Na.H2O4S/c1-5-45(41,42)17-16-37(4)31(40)20-8-7-9-21(18-20)33-36-29-23-11-15-27(30(39)24(23)12-14-26(29)32-3)35-34-25-13-10-22(19-28(25)38)46(43,44)6-2;;;;1-5(2,3)4/h5,7-14,18-19,32,38-39H,1-2,6,16-17H2,3-4H3;;;;(H2,1,2,3,4)/q-2;;2*+1;/p-1. The number of benzene rings is 4. The van der Waals surface area contributed by atoms with Crippen molar-refractivity contribution in [3.05, 3.63) is 91.2 Å². The minimum absolute atomic E-state index is 0. The molecule has 0 bridgehead atoms. The van der Waals surface area contributed by atoms with E-state index in [1.165, 1.54) is 36.2 Å². The largest absolute Gasteiger partial charge is 1.00 e. The van der Waals surface area contributed by atoms with Crippen LogP contribution in [0.2, 0.25) is 0 Å². The molecule has 4 aromatic rings. The van der Waals surface area contributed by atoms with Crippen molar-refractivity contribution in [2.24, 2.45) is 20.5 Å². The van der Waals surface area contributed by atoms with E-state index in [1.807, 2.05) is 0 Å². The van der Waals surface area contributed by atoms with Gasteiger partial charge in [0, 0.05) is 71.9 Å². The molecule has 17 nitrogen and oxygen atoms in total. The van der Waals surface area contributed by atoms with Crippen molar-refractivity contribution < 1.29 is 126 Å². The first-order valence-electron chi connectivity index (χ1n) is 14.3. The minimum Gasteiger partial charge on any atom is -0.726 e. The van der Waals surface area contributed by atoms with Crippen molar-refractivity contribution in [1.82, 2.24) is 4.90 Å². The number of phenolic OH excluding ortho intramolecular Hbond substituents is 2. The molecule has 0 atom stereocenters. The van der Waals surface area contributed by atoms with Crippen LogP contribution in [0.1, 0.15) is 10.4 Å². The van der Waals surface area contributed by atoms with E-state index < -0.39 is 41.7 Å². The maximum atomic E-state index is 12.9. The van der Waals surface area contributed by atoms with Crippen LogP contribution < -0.4 is 64.4 Å². The Morgan fingerprint density at radius 2 is 1.63 bits per heavy atom. The molecular formula is C31H31CuN6Na2O11S3-. The third kappa shape index (κ3) is 14.7. The van der Waals surface area contributed by atoms with Crippen LogP contribution in [-0.4, -0.2) is 87.5 Å². The van der Waals surface area contributed by atoms with Crippen molar-refractivity contribution >= 4 is 75.2 Å². The zero-order valence-electron chi connectivity index (χ0n) is 29.3. The second-order valence-electron chi connectivity index (χ2n) is 10.3. The number of rotatable bonds is 12. The molecule has 0 spiro atoms. The summed E-state index contributed by atoms with van der Waals surface area (Å²) in [4.78, 5) is 14.1. The van der Waals surface area contributed by atoms with Crippen LogP contribution >= 0.6 is 0 Å². The fraction of sp³-hybridized carbons (Fsp3) is 0.161. The van der Waals surface area contributed by atoms with E-state index in [0.717, 1.165) is 11.5 Å². The number of sulfone groups is 2. The Hall–Kier alpha value is -2.76. The second-order valence-corrected chi connectivity index (χ2v) is 15.3. The molecule has 54 heavy (non-hydrogen) atoms. The van der Waals surface area contributed by atoms with Gasteiger partial charge in [-0.05, 0) is 36.4 Å². The summed E-state index contributed by atoms with van der Waals surface area (Å²) >= 11 is 0. The Bertz CT molecular complexity index is 2360. The van der Waals surface area contributed by atoms with Crippen molar-refractivity contribution in [3.8, 4) is 11.5 Å². The van der Waals surface area contributed by atoms with Crippen molar-refractivity contribution in [2.75, 3.05) is 37.5 Å². The van der Waals surface area contributed by atoms with Gasteiger partial charge in [-0.3, -0.25) is 9.35 Å². The number of amides is 1. The molecule has 1 amide bonds. The molecule has 0 saturated carbocycles. The molecule has 0 heterocycles. The van der Waals surface area contributed by atoms with Gasteiger partial charge >= 0.3 is 59.1 Å². The molecule has 4 N–H and O–H groups in total. The van der Waals surface area contributed by atoms with Crippen LogP contribution in [-0.2, 0) is 47.1 Å².